The molecule has 0 aromatic carbocycles. The lowest BCUT2D eigenvalue weighted by molar-refractivity contribution is 0.564. The lowest BCUT2D eigenvalue weighted by atomic mass is 10.1. The Bertz CT molecular complexity index is 330. The lowest BCUT2D eigenvalue weighted by Crippen LogP contribution is -2.25. The quantitative estimate of drug-likeness (QED) is 0.853. The summed E-state index contributed by atoms with van der Waals surface area (Å²) in [5.74, 6) is 2.02. The van der Waals surface area contributed by atoms with Crippen LogP contribution in [0.1, 0.15) is 19.4 Å². The Morgan fingerprint density at radius 3 is 2.73 bits per heavy atom. The Labute approximate surface area is 105 Å². The number of pyridine rings is 1. The summed E-state index contributed by atoms with van der Waals surface area (Å²) >= 11 is 9.20. The van der Waals surface area contributed by atoms with Crippen molar-refractivity contribution >= 4 is 33.3 Å². The number of aryl methyl sites for hydroxylation is 1. The fraction of sp³-hybridized carbons (Fsp3) is 0.545. The molecule has 0 saturated carbocycles. The largest absolute Gasteiger partial charge is 0.367 e. The molecule has 0 aliphatic heterocycles. The van der Waals surface area contributed by atoms with Crippen LogP contribution in [0.5, 0.6) is 0 Å². The summed E-state index contributed by atoms with van der Waals surface area (Å²) in [5.41, 5.74) is 1.14. The topological polar surface area (TPSA) is 24.9 Å². The van der Waals surface area contributed by atoms with Crippen LogP contribution in [0.15, 0.2) is 16.7 Å². The number of halogens is 2. The van der Waals surface area contributed by atoms with Gasteiger partial charge in [-0.1, -0.05) is 6.92 Å². The fourth-order valence-electron chi connectivity index (χ4n) is 1.18. The highest BCUT2D eigenvalue weighted by Crippen LogP contribution is 2.19. The maximum atomic E-state index is 5.81. The number of rotatable bonds is 4. The van der Waals surface area contributed by atoms with E-state index in [2.05, 4.69) is 40.1 Å². The molecule has 0 aliphatic rings. The van der Waals surface area contributed by atoms with Crippen LogP contribution >= 0.6 is 27.5 Å². The third-order valence-corrected chi connectivity index (χ3v) is 3.43. The first kappa shape index (κ1) is 12.8. The zero-order chi connectivity index (χ0) is 11.4. The SMILES string of the molecule is Cc1cc(Br)cnc1NC(C)C(C)CCl. The molecule has 0 aliphatic carbocycles. The van der Waals surface area contributed by atoms with Gasteiger partial charge in [0.05, 0.1) is 0 Å². The maximum Gasteiger partial charge on any atom is 0.129 e. The second-order valence-electron chi connectivity index (χ2n) is 3.88. The zero-order valence-corrected chi connectivity index (χ0v) is 11.6. The summed E-state index contributed by atoms with van der Waals surface area (Å²) < 4.78 is 1.00. The molecule has 0 radical (unpaired) electrons. The van der Waals surface area contributed by atoms with Gasteiger partial charge in [-0.3, -0.25) is 0 Å². The smallest absolute Gasteiger partial charge is 0.129 e. The molecule has 0 amide bonds. The molecule has 1 N–H and O–H groups in total. The number of aromatic nitrogens is 1. The van der Waals surface area contributed by atoms with E-state index in [1.807, 2.05) is 13.0 Å². The van der Waals surface area contributed by atoms with Crippen molar-refractivity contribution < 1.29 is 0 Å². The van der Waals surface area contributed by atoms with Crippen molar-refractivity contribution in [1.82, 2.24) is 4.98 Å². The van der Waals surface area contributed by atoms with Crippen molar-refractivity contribution in [2.45, 2.75) is 26.8 Å². The Hall–Kier alpha value is -0.280. The van der Waals surface area contributed by atoms with Gasteiger partial charge in [0.15, 0.2) is 0 Å². The van der Waals surface area contributed by atoms with Gasteiger partial charge in [-0.05, 0) is 47.3 Å². The first-order valence-electron chi connectivity index (χ1n) is 4.99. The highest BCUT2D eigenvalue weighted by atomic mass is 79.9. The van der Waals surface area contributed by atoms with E-state index in [0.717, 1.165) is 15.9 Å². The van der Waals surface area contributed by atoms with Crippen molar-refractivity contribution in [3.05, 3.63) is 22.3 Å². The van der Waals surface area contributed by atoms with E-state index in [1.54, 1.807) is 6.20 Å². The fourth-order valence-corrected chi connectivity index (χ4v) is 1.90. The van der Waals surface area contributed by atoms with Gasteiger partial charge in [-0.15, -0.1) is 11.6 Å². The number of hydrogen-bond donors (Lipinski definition) is 1. The van der Waals surface area contributed by atoms with E-state index in [9.17, 15) is 0 Å². The number of nitrogens with zero attached hydrogens (tertiary/aromatic N) is 1. The van der Waals surface area contributed by atoms with Crippen LogP contribution in [0.25, 0.3) is 0 Å². The minimum absolute atomic E-state index is 0.329. The molecule has 15 heavy (non-hydrogen) atoms. The van der Waals surface area contributed by atoms with Gasteiger partial charge in [0, 0.05) is 22.6 Å². The average molecular weight is 292 g/mol. The molecule has 1 aromatic rings. The molecule has 1 rings (SSSR count). The van der Waals surface area contributed by atoms with E-state index < -0.39 is 0 Å². The molecule has 2 nitrogen and oxygen atoms in total. The Morgan fingerprint density at radius 1 is 1.53 bits per heavy atom. The van der Waals surface area contributed by atoms with Gasteiger partial charge >= 0.3 is 0 Å². The van der Waals surface area contributed by atoms with E-state index in [1.165, 1.54) is 0 Å². The van der Waals surface area contributed by atoms with Crippen LogP contribution in [-0.2, 0) is 0 Å². The second-order valence-corrected chi connectivity index (χ2v) is 5.11. The van der Waals surface area contributed by atoms with E-state index in [0.29, 0.717) is 17.8 Å². The molecule has 0 fully saturated rings. The third kappa shape index (κ3) is 3.65. The Balaban J connectivity index is 2.72. The van der Waals surface area contributed by atoms with Crippen LogP contribution in [0.4, 0.5) is 5.82 Å². The summed E-state index contributed by atoms with van der Waals surface area (Å²) in [6.07, 6.45) is 1.80. The summed E-state index contributed by atoms with van der Waals surface area (Å²) in [6.45, 7) is 6.28. The standard InChI is InChI=1S/C11H16BrClN2/c1-7-4-10(12)6-14-11(7)15-9(3)8(2)5-13/h4,6,8-9H,5H2,1-3H3,(H,14,15). The van der Waals surface area contributed by atoms with E-state index >= 15 is 0 Å². The van der Waals surface area contributed by atoms with Gasteiger partial charge in [-0.25, -0.2) is 4.98 Å². The Kier molecular flexibility index (Phi) is 4.87. The first-order valence-corrected chi connectivity index (χ1v) is 6.32. The third-order valence-electron chi connectivity index (χ3n) is 2.51. The van der Waals surface area contributed by atoms with Crippen molar-refractivity contribution in [3.8, 4) is 0 Å². The highest BCUT2D eigenvalue weighted by molar-refractivity contribution is 9.10. The molecule has 1 aromatic heterocycles. The van der Waals surface area contributed by atoms with Crippen LogP contribution in [0.2, 0.25) is 0 Å². The summed E-state index contributed by atoms with van der Waals surface area (Å²) in [5, 5.41) is 3.37. The summed E-state index contributed by atoms with van der Waals surface area (Å²) in [6, 6.07) is 2.38. The van der Waals surface area contributed by atoms with Crippen molar-refractivity contribution in [2.24, 2.45) is 5.92 Å². The second kappa shape index (κ2) is 5.71. The molecule has 2 unspecified atom stereocenters. The number of alkyl halides is 1. The number of nitrogens with one attached hydrogen (secondary N) is 1. The molecular weight excluding hydrogens is 275 g/mol. The van der Waals surface area contributed by atoms with Gasteiger partial charge in [0.25, 0.3) is 0 Å². The van der Waals surface area contributed by atoms with Gasteiger partial charge < -0.3 is 5.32 Å². The molecular formula is C11H16BrClN2. The van der Waals surface area contributed by atoms with Gasteiger partial charge in [0.2, 0.25) is 0 Å². The van der Waals surface area contributed by atoms with E-state index in [-0.39, 0.29) is 0 Å². The maximum absolute atomic E-state index is 5.81. The molecule has 0 saturated heterocycles. The summed E-state index contributed by atoms with van der Waals surface area (Å²) in [7, 11) is 0. The normalized spacial score (nSPS) is 14.7. The highest BCUT2D eigenvalue weighted by Gasteiger charge is 2.12. The predicted octanol–water partition coefficient (Wildman–Crippen LogP) is 3.83. The van der Waals surface area contributed by atoms with Crippen molar-refractivity contribution in [3.63, 3.8) is 0 Å². The van der Waals surface area contributed by atoms with Gasteiger partial charge in [-0.2, -0.15) is 0 Å². The minimum atomic E-state index is 0.329. The van der Waals surface area contributed by atoms with Crippen LogP contribution in [0, 0.1) is 12.8 Å². The monoisotopic (exact) mass is 290 g/mol. The average Bonchev–Trinajstić information content (AvgIpc) is 2.20. The molecule has 2 atom stereocenters. The Morgan fingerprint density at radius 2 is 2.20 bits per heavy atom. The van der Waals surface area contributed by atoms with Crippen molar-refractivity contribution in [2.75, 3.05) is 11.2 Å². The van der Waals surface area contributed by atoms with Gasteiger partial charge in [0.1, 0.15) is 5.82 Å². The first-order chi connectivity index (χ1) is 7.04. The lowest BCUT2D eigenvalue weighted by Gasteiger charge is -2.20. The molecule has 1 heterocycles. The van der Waals surface area contributed by atoms with Crippen molar-refractivity contribution in [1.29, 1.82) is 0 Å². The van der Waals surface area contributed by atoms with Crippen LogP contribution in [0.3, 0.4) is 0 Å². The number of hydrogen-bond acceptors (Lipinski definition) is 2. The molecule has 4 heteroatoms. The number of anilines is 1. The predicted molar refractivity (Wildman–Crippen MR) is 69.6 cm³/mol. The minimum Gasteiger partial charge on any atom is -0.367 e. The molecule has 0 spiro atoms. The van der Waals surface area contributed by atoms with Crippen LogP contribution in [-0.4, -0.2) is 16.9 Å². The zero-order valence-electron chi connectivity index (χ0n) is 9.22. The van der Waals surface area contributed by atoms with Crippen LogP contribution < -0.4 is 5.32 Å². The molecule has 0 bridgehead atoms. The van der Waals surface area contributed by atoms with E-state index in [4.69, 9.17) is 11.6 Å². The molecule has 84 valence electrons. The summed E-state index contributed by atoms with van der Waals surface area (Å²) in [4.78, 5) is 4.33.